The quantitative estimate of drug-likeness (QED) is 0.330. The van der Waals surface area contributed by atoms with E-state index < -0.39 is 11.9 Å². The van der Waals surface area contributed by atoms with Crippen molar-refractivity contribution in [2.75, 3.05) is 33.7 Å². The number of benzene rings is 3. The molecule has 1 atom stereocenters. The van der Waals surface area contributed by atoms with Gasteiger partial charge >= 0.3 is 5.97 Å². The Balaban J connectivity index is 1.42. The minimum atomic E-state index is -0.506. The first-order chi connectivity index (χ1) is 17.8. The molecule has 1 aliphatic rings. The number of nitrogens with one attached hydrogen (secondary N) is 1. The van der Waals surface area contributed by atoms with Gasteiger partial charge in [0.2, 0.25) is 5.91 Å². The molecule has 1 aliphatic heterocycles. The van der Waals surface area contributed by atoms with E-state index in [-0.39, 0.29) is 5.91 Å². The minimum Gasteiger partial charge on any atom is -0.493 e. The van der Waals surface area contributed by atoms with Gasteiger partial charge in [-0.3, -0.25) is 14.7 Å². The Morgan fingerprint density at radius 2 is 1.59 bits per heavy atom. The van der Waals surface area contributed by atoms with E-state index in [0.717, 1.165) is 35.5 Å². The average Bonchev–Trinajstić information content (AvgIpc) is 3.24. The van der Waals surface area contributed by atoms with Gasteiger partial charge in [0.25, 0.3) is 0 Å². The zero-order chi connectivity index (χ0) is 26.5. The van der Waals surface area contributed by atoms with Gasteiger partial charge in [-0.1, -0.05) is 24.3 Å². The second kappa shape index (κ2) is 11.3. The van der Waals surface area contributed by atoms with E-state index in [1.807, 2.05) is 49.4 Å². The molecule has 192 valence electrons. The number of nitrogens with zero attached hydrogens (tertiary/aromatic N) is 2. The molecule has 3 aromatic carbocycles. The Labute approximate surface area is 216 Å². The highest BCUT2D eigenvalue weighted by Gasteiger charge is 2.33. The van der Waals surface area contributed by atoms with Crippen LogP contribution in [-0.2, 0) is 22.6 Å². The number of fused-ring (bicyclic) bond motifs is 1. The Morgan fingerprint density at radius 3 is 2.27 bits per heavy atom. The van der Waals surface area contributed by atoms with Gasteiger partial charge in [0.1, 0.15) is 5.92 Å². The molecule has 1 unspecified atom stereocenters. The molecule has 3 aromatic rings. The lowest BCUT2D eigenvalue weighted by molar-refractivity contribution is -0.115. The molecular formula is C29H31N3O5. The number of carbonyl (C=O) groups excluding carboxylic acids is 2. The van der Waals surface area contributed by atoms with Crippen molar-refractivity contribution < 1.29 is 23.8 Å². The Hall–Kier alpha value is -4.17. The standard InChI is InChI=1S/C29H31N3O5/c1-18(27-23-12-9-21(29(34)37-5)15-24(23)31-28(27)33)30-22-10-6-19(7-11-22)16-32(2)17-20-8-13-25(35-3)26(14-20)36-4/h6-15,27H,16-17H2,1-5H3,(H,31,33). The van der Waals surface area contributed by atoms with Crippen molar-refractivity contribution in [2.24, 2.45) is 4.99 Å². The number of carbonyl (C=O) groups is 2. The number of hydrogen-bond acceptors (Lipinski definition) is 7. The molecular weight excluding hydrogens is 470 g/mol. The van der Waals surface area contributed by atoms with Gasteiger partial charge in [0.05, 0.1) is 32.6 Å². The van der Waals surface area contributed by atoms with Gasteiger partial charge in [0.15, 0.2) is 11.5 Å². The van der Waals surface area contributed by atoms with Crippen LogP contribution in [0.3, 0.4) is 0 Å². The van der Waals surface area contributed by atoms with Crippen LogP contribution in [0.4, 0.5) is 11.4 Å². The van der Waals surface area contributed by atoms with Crippen LogP contribution in [0.15, 0.2) is 65.7 Å². The fraction of sp³-hybridized carbons (Fsp3) is 0.276. The maximum Gasteiger partial charge on any atom is 0.337 e. The number of methoxy groups -OCH3 is 3. The van der Waals surface area contributed by atoms with Crippen molar-refractivity contribution in [3.8, 4) is 11.5 Å². The van der Waals surface area contributed by atoms with Gasteiger partial charge in [-0.15, -0.1) is 0 Å². The molecule has 37 heavy (non-hydrogen) atoms. The lowest BCUT2D eigenvalue weighted by atomic mass is 9.95. The lowest BCUT2D eigenvalue weighted by Crippen LogP contribution is -2.18. The van der Waals surface area contributed by atoms with Gasteiger partial charge in [-0.05, 0) is 67.1 Å². The predicted molar refractivity (Wildman–Crippen MR) is 143 cm³/mol. The number of hydrogen-bond donors (Lipinski definition) is 1. The zero-order valence-corrected chi connectivity index (χ0v) is 21.7. The summed E-state index contributed by atoms with van der Waals surface area (Å²) in [6.45, 7) is 3.36. The molecule has 0 aliphatic carbocycles. The van der Waals surface area contributed by atoms with Gasteiger partial charge in [0, 0.05) is 24.5 Å². The van der Waals surface area contributed by atoms with E-state index in [2.05, 4.69) is 17.3 Å². The van der Waals surface area contributed by atoms with Crippen molar-refractivity contribution in [2.45, 2.75) is 25.9 Å². The molecule has 0 radical (unpaired) electrons. The number of esters is 1. The van der Waals surface area contributed by atoms with E-state index in [1.165, 1.54) is 7.11 Å². The molecule has 0 bridgehead atoms. The molecule has 8 heteroatoms. The van der Waals surface area contributed by atoms with Crippen molar-refractivity contribution >= 4 is 29.0 Å². The first kappa shape index (κ1) is 25.9. The van der Waals surface area contributed by atoms with Gasteiger partial charge in [-0.25, -0.2) is 4.79 Å². The summed E-state index contributed by atoms with van der Waals surface area (Å²) in [5, 5.41) is 2.85. The summed E-state index contributed by atoms with van der Waals surface area (Å²) in [5.41, 5.74) is 5.54. The molecule has 0 saturated heterocycles. The summed E-state index contributed by atoms with van der Waals surface area (Å²) in [6, 6.07) is 19.0. The van der Waals surface area contributed by atoms with Crippen LogP contribution in [-0.4, -0.2) is 50.9 Å². The molecule has 1 heterocycles. The second-order valence-electron chi connectivity index (χ2n) is 9.00. The summed E-state index contributed by atoms with van der Waals surface area (Å²) in [7, 11) is 6.66. The normalized spacial score (nSPS) is 14.8. The van der Waals surface area contributed by atoms with Crippen LogP contribution in [0, 0.1) is 0 Å². The van der Waals surface area contributed by atoms with Gasteiger partial charge < -0.3 is 19.5 Å². The second-order valence-corrected chi connectivity index (χ2v) is 9.00. The molecule has 1 amide bonds. The first-order valence-corrected chi connectivity index (χ1v) is 11.9. The predicted octanol–water partition coefficient (Wildman–Crippen LogP) is 4.95. The highest BCUT2D eigenvalue weighted by atomic mass is 16.5. The number of amides is 1. The monoisotopic (exact) mass is 501 g/mol. The van der Waals surface area contributed by atoms with Crippen LogP contribution in [0.2, 0.25) is 0 Å². The molecule has 8 nitrogen and oxygen atoms in total. The molecule has 0 aromatic heterocycles. The average molecular weight is 502 g/mol. The SMILES string of the molecule is COC(=O)c1ccc2c(c1)NC(=O)C2C(C)=Nc1ccc(CN(C)Cc2ccc(OC)c(OC)c2)cc1. The zero-order valence-electron chi connectivity index (χ0n) is 21.7. The van der Waals surface area contributed by atoms with E-state index in [0.29, 0.717) is 28.5 Å². The Kier molecular flexibility index (Phi) is 7.89. The molecule has 0 spiro atoms. The van der Waals surface area contributed by atoms with Crippen LogP contribution in [0.1, 0.15) is 39.9 Å². The van der Waals surface area contributed by atoms with Crippen LogP contribution < -0.4 is 14.8 Å². The summed E-state index contributed by atoms with van der Waals surface area (Å²) in [4.78, 5) is 31.4. The lowest BCUT2D eigenvalue weighted by Gasteiger charge is -2.18. The smallest absolute Gasteiger partial charge is 0.337 e. The largest absolute Gasteiger partial charge is 0.493 e. The van der Waals surface area contributed by atoms with Crippen LogP contribution in [0.5, 0.6) is 11.5 Å². The summed E-state index contributed by atoms with van der Waals surface area (Å²) in [5.74, 6) is 0.319. The summed E-state index contributed by atoms with van der Waals surface area (Å²) < 4.78 is 15.5. The number of aliphatic imine (C=N–C) groups is 1. The third kappa shape index (κ3) is 5.81. The topological polar surface area (TPSA) is 89.5 Å². The van der Waals surface area contributed by atoms with E-state index in [1.54, 1.807) is 32.4 Å². The van der Waals surface area contributed by atoms with Crippen molar-refractivity contribution in [3.63, 3.8) is 0 Å². The Bertz CT molecular complexity index is 1330. The maximum absolute atomic E-state index is 12.7. The van der Waals surface area contributed by atoms with Crippen molar-refractivity contribution in [3.05, 3.63) is 82.9 Å². The van der Waals surface area contributed by atoms with Crippen LogP contribution in [0.25, 0.3) is 0 Å². The Morgan fingerprint density at radius 1 is 0.919 bits per heavy atom. The highest BCUT2D eigenvalue weighted by molar-refractivity contribution is 6.18. The molecule has 4 rings (SSSR count). The van der Waals surface area contributed by atoms with E-state index >= 15 is 0 Å². The third-order valence-electron chi connectivity index (χ3n) is 6.32. The van der Waals surface area contributed by atoms with Crippen molar-refractivity contribution in [1.29, 1.82) is 0 Å². The molecule has 0 fully saturated rings. The van der Waals surface area contributed by atoms with E-state index in [9.17, 15) is 9.59 Å². The fourth-order valence-corrected chi connectivity index (χ4v) is 4.52. The molecule has 1 N–H and O–H groups in total. The first-order valence-electron chi connectivity index (χ1n) is 11.9. The summed E-state index contributed by atoms with van der Waals surface area (Å²) in [6.07, 6.45) is 0. The summed E-state index contributed by atoms with van der Waals surface area (Å²) >= 11 is 0. The highest BCUT2D eigenvalue weighted by Crippen LogP contribution is 2.35. The van der Waals surface area contributed by atoms with Crippen molar-refractivity contribution in [1.82, 2.24) is 4.90 Å². The third-order valence-corrected chi connectivity index (χ3v) is 6.32. The van der Waals surface area contributed by atoms with E-state index in [4.69, 9.17) is 19.2 Å². The van der Waals surface area contributed by atoms with Gasteiger partial charge in [-0.2, -0.15) is 0 Å². The number of ether oxygens (including phenoxy) is 3. The number of anilines is 1. The minimum absolute atomic E-state index is 0.160. The maximum atomic E-state index is 12.7. The number of rotatable bonds is 9. The fourth-order valence-electron chi connectivity index (χ4n) is 4.52. The molecule has 0 saturated carbocycles. The van der Waals surface area contributed by atoms with Crippen LogP contribution >= 0.6 is 0 Å².